The molecular formula is C35H22ClN3O9. The maximum absolute atomic E-state index is 13.2. The van der Waals surface area contributed by atoms with E-state index in [0.29, 0.717) is 33.1 Å². The Bertz CT molecular complexity index is 2570. The fraction of sp³-hybridized carbons (Fsp3) is 0.0286. The molecular weight excluding hydrogens is 642 g/mol. The van der Waals surface area contributed by atoms with Crippen molar-refractivity contribution < 1.29 is 34.4 Å². The number of phenolic OH excluding ortho intramolecular Hbond substituents is 3. The number of aromatic amines is 1. The van der Waals surface area contributed by atoms with Crippen molar-refractivity contribution in [2.24, 2.45) is 0 Å². The molecule has 238 valence electrons. The van der Waals surface area contributed by atoms with Crippen molar-refractivity contribution in [2.45, 2.75) is 6.54 Å². The summed E-state index contributed by atoms with van der Waals surface area (Å²) in [6, 6.07) is 20.0. The first-order valence-electron chi connectivity index (χ1n) is 14.3. The molecule has 12 nitrogen and oxygen atoms in total. The van der Waals surface area contributed by atoms with Crippen molar-refractivity contribution in [1.29, 1.82) is 0 Å². The van der Waals surface area contributed by atoms with Gasteiger partial charge in [-0.15, -0.1) is 0 Å². The largest absolute Gasteiger partial charge is 0.508 e. The number of imidazole rings is 1. The maximum Gasteiger partial charge on any atom is 0.336 e. The number of aromatic hydroxyl groups is 3. The third kappa shape index (κ3) is 5.15. The number of carboxylic acids is 1. The summed E-state index contributed by atoms with van der Waals surface area (Å²) in [4.78, 5) is 53.3. The van der Waals surface area contributed by atoms with Crippen LogP contribution in [0, 0.1) is 0 Å². The lowest BCUT2D eigenvalue weighted by Crippen LogP contribution is -2.23. The van der Waals surface area contributed by atoms with Crippen molar-refractivity contribution >= 4 is 45.5 Å². The van der Waals surface area contributed by atoms with Crippen LogP contribution in [0.1, 0.15) is 26.3 Å². The number of carboxylic acid groups (broad SMARTS) is 1. The number of carbonyl (C=O) groups excluding carboxylic acids is 1. The second-order valence-corrected chi connectivity index (χ2v) is 11.4. The molecule has 4 aromatic carbocycles. The molecule has 0 atom stereocenters. The second-order valence-electron chi connectivity index (χ2n) is 11.0. The first-order chi connectivity index (χ1) is 23.0. The standard InChI is InChI=1S/C35H22ClN3O9/c36-24-13-27(29(43)14-28(24)42)39-26-8-1-16(9-25(26)38-35(39)47)15-37-33(44)17-2-5-20(23(10-17)34(45)46)32-21-6-3-18(40)11-30(21)48-31-12-19(41)4-7-22(31)32/h1-14,40,42-43H,15H2,(H,37,44)(H,38,47)(H,45,46). The summed E-state index contributed by atoms with van der Waals surface area (Å²) in [5.41, 5.74) is 1.93. The Balaban J connectivity index is 1.20. The lowest BCUT2D eigenvalue weighted by Gasteiger charge is -2.17. The van der Waals surface area contributed by atoms with Crippen LogP contribution in [0.3, 0.4) is 0 Å². The van der Waals surface area contributed by atoms with E-state index in [1.807, 2.05) is 0 Å². The molecule has 2 heterocycles. The fourth-order valence-corrected chi connectivity index (χ4v) is 5.90. The number of phenols is 3. The number of amides is 1. The van der Waals surface area contributed by atoms with Crippen LogP contribution in [0.5, 0.6) is 17.2 Å². The van der Waals surface area contributed by atoms with E-state index in [0.717, 1.165) is 6.07 Å². The normalized spacial score (nSPS) is 11.4. The van der Waals surface area contributed by atoms with Crippen molar-refractivity contribution in [3.05, 3.63) is 127 Å². The third-order valence-corrected chi connectivity index (χ3v) is 8.25. The van der Waals surface area contributed by atoms with E-state index in [1.54, 1.807) is 24.3 Å². The minimum atomic E-state index is -1.29. The minimum absolute atomic E-state index is 0.0267. The summed E-state index contributed by atoms with van der Waals surface area (Å²) in [5.74, 6) is -2.43. The van der Waals surface area contributed by atoms with Crippen molar-refractivity contribution in [2.75, 3.05) is 0 Å². The predicted octanol–water partition coefficient (Wildman–Crippen LogP) is 5.60. The lowest BCUT2D eigenvalue weighted by molar-refractivity contribution is 0.0697. The van der Waals surface area contributed by atoms with Gasteiger partial charge >= 0.3 is 11.7 Å². The predicted molar refractivity (Wildman–Crippen MR) is 177 cm³/mol. The molecule has 0 radical (unpaired) electrons. The third-order valence-electron chi connectivity index (χ3n) is 7.94. The molecule has 1 aromatic heterocycles. The Labute approximate surface area is 273 Å². The van der Waals surface area contributed by atoms with E-state index in [1.165, 1.54) is 59.2 Å². The summed E-state index contributed by atoms with van der Waals surface area (Å²) in [7, 11) is 0. The summed E-state index contributed by atoms with van der Waals surface area (Å²) in [6.07, 6.45) is 0. The zero-order chi connectivity index (χ0) is 33.9. The molecule has 13 heteroatoms. The van der Waals surface area contributed by atoms with E-state index in [4.69, 9.17) is 16.0 Å². The van der Waals surface area contributed by atoms with Crippen LogP contribution in [0.15, 0.2) is 98.9 Å². The van der Waals surface area contributed by atoms with E-state index in [2.05, 4.69) is 10.3 Å². The first kappa shape index (κ1) is 30.1. The fourth-order valence-electron chi connectivity index (χ4n) is 5.74. The van der Waals surface area contributed by atoms with Crippen LogP contribution in [0.4, 0.5) is 0 Å². The van der Waals surface area contributed by atoms with Crippen LogP contribution in [0.2, 0.25) is 5.02 Å². The number of hydrogen-bond donors (Lipinski definition) is 6. The number of hydrogen-bond acceptors (Lipinski definition) is 8. The monoisotopic (exact) mass is 663 g/mol. The molecule has 1 aliphatic carbocycles. The second kappa shape index (κ2) is 11.4. The highest BCUT2D eigenvalue weighted by Gasteiger charge is 2.23. The summed E-state index contributed by atoms with van der Waals surface area (Å²) in [6.45, 7) is 0.0267. The van der Waals surface area contributed by atoms with Crippen LogP contribution < -0.4 is 16.4 Å². The molecule has 1 amide bonds. The molecule has 5 aromatic rings. The van der Waals surface area contributed by atoms with E-state index >= 15 is 0 Å². The van der Waals surface area contributed by atoms with Gasteiger partial charge in [-0.25, -0.2) is 9.59 Å². The van der Waals surface area contributed by atoms with Gasteiger partial charge in [-0.05, 0) is 65.7 Å². The molecule has 0 fully saturated rings. The van der Waals surface area contributed by atoms with E-state index in [9.17, 15) is 39.6 Å². The SMILES string of the molecule is O=C(NCc1ccc2c(c1)[nH]c(=O)n2-c1cc(Cl)c(O)cc1O)c1ccc(-c2c3ccc(=O)cc-3oc3cc(O)ccc23)c(C(=O)O)c1. The average molecular weight is 664 g/mol. The summed E-state index contributed by atoms with van der Waals surface area (Å²) >= 11 is 5.99. The Morgan fingerprint density at radius 3 is 2.44 bits per heavy atom. The molecule has 48 heavy (non-hydrogen) atoms. The molecule has 0 saturated heterocycles. The number of nitrogens with one attached hydrogen (secondary N) is 2. The molecule has 2 aliphatic rings. The van der Waals surface area contributed by atoms with Gasteiger partial charge in [0.25, 0.3) is 5.91 Å². The Morgan fingerprint density at radius 2 is 1.65 bits per heavy atom. The lowest BCUT2D eigenvalue weighted by atomic mass is 9.90. The van der Waals surface area contributed by atoms with Crippen molar-refractivity contribution in [3.8, 4) is 45.4 Å². The van der Waals surface area contributed by atoms with Gasteiger partial charge < -0.3 is 35.1 Å². The van der Waals surface area contributed by atoms with Crippen molar-refractivity contribution in [3.63, 3.8) is 0 Å². The van der Waals surface area contributed by atoms with Crippen LogP contribution >= 0.6 is 11.6 Å². The first-order valence-corrected chi connectivity index (χ1v) is 14.7. The number of halogens is 1. The molecule has 0 saturated carbocycles. The van der Waals surface area contributed by atoms with Crippen LogP contribution in [-0.2, 0) is 6.54 Å². The molecule has 1 aliphatic heterocycles. The maximum atomic E-state index is 13.2. The van der Waals surface area contributed by atoms with Gasteiger partial charge in [0.05, 0.1) is 27.3 Å². The van der Waals surface area contributed by atoms with Gasteiger partial charge in [0.2, 0.25) is 0 Å². The Kier molecular flexibility index (Phi) is 7.14. The zero-order valence-electron chi connectivity index (χ0n) is 24.4. The Hall–Kier alpha value is -6.53. The van der Waals surface area contributed by atoms with Gasteiger partial charge in [-0.1, -0.05) is 23.7 Å². The highest BCUT2D eigenvalue weighted by Crippen LogP contribution is 2.42. The molecule has 0 unspecified atom stereocenters. The van der Waals surface area contributed by atoms with Crippen LogP contribution in [0.25, 0.3) is 50.1 Å². The van der Waals surface area contributed by atoms with Gasteiger partial charge in [-0.2, -0.15) is 0 Å². The minimum Gasteiger partial charge on any atom is -0.508 e. The molecule has 0 bridgehead atoms. The number of benzene rings is 5. The quantitative estimate of drug-likeness (QED) is 0.123. The number of nitrogens with zero attached hydrogens (tertiary/aromatic N) is 1. The number of fused-ring (bicyclic) bond motifs is 3. The molecule has 0 spiro atoms. The topological polar surface area (TPSA) is 195 Å². The number of aromatic nitrogens is 2. The van der Waals surface area contributed by atoms with Crippen molar-refractivity contribution in [1.82, 2.24) is 14.9 Å². The highest BCUT2D eigenvalue weighted by molar-refractivity contribution is 6.32. The summed E-state index contributed by atoms with van der Waals surface area (Å²) < 4.78 is 7.06. The Morgan fingerprint density at radius 1 is 0.854 bits per heavy atom. The smallest absolute Gasteiger partial charge is 0.336 e. The van der Waals surface area contributed by atoms with Gasteiger partial charge in [0.1, 0.15) is 28.6 Å². The number of rotatable bonds is 6. The summed E-state index contributed by atoms with van der Waals surface area (Å²) in [5, 5.41) is 43.5. The van der Waals surface area contributed by atoms with E-state index < -0.39 is 17.6 Å². The van der Waals surface area contributed by atoms with Crippen LogP contribution in [-0.4, -0.2) is 41.9 Å². The van der Waals surface area contributed by atoms with Gasteiger partial charge in [0.15, 0.2) is 5.43 Å². The van der Waals surface area contributed by atoms with E-state index in [-0.39, 0.29) is 68.0 Å². The highest BCUT2D eigenvalue weighted by atomic mass is 35.5. The van der Waals surface area contributed by atoms with Gasteiger partial charge in [0, 0.05) is 46.8 Å². The zero-order valence-corrected chi connectivity index (χ0v) is 25.2. The number of H-pyrrole nitrogens is 1. The van der Waals surface area contributed by atoms with Gasteiger partial charge in [-0.3, -0.25) is 14.2 Å². The number of carbonyl (C=O) groups is 2. The average Bonchev–Trinajstić information content (AvgIpc) is 3.38. The number of aromatic carboxylic acids is 1. The molecule has 7 rings (SSSR count). The molecule has 6 N–H and O–H groups in total.